The maximum atomic E-state index is 13.1. The summed E-state index contributed by atoms with van der Waals surface area (Å²) in [6.45, 7) is 0. The summed E-state index contributed by atoms with van der Waals surface area (Å²) in [7, 11) is 0. The van der Waals surface area contributed by atoms with Crippen LogP contribution in [-0.4, -0.2) is 10.9 Å². The van der Waals surface area contributed by atoms with E-state index in [-0.39, 0.29) is 10.5 Å². The van der Waals surface area contributed by atoms with Crippen molar-refractivity contribution in [1.82, 2.24) is 4.98 Å². The lowest BCUT2D eigenvalue weighted by Gasteiger charge is -1.86. The summed E-state index contributed by atoms with van der Waals surface area (Å²) >= 11 is 1.09. The number of para-hydroxylation sites is 1. The van der Waals surface area contributed by atoms with Crippen molar-refractivity contribution in [2.24, 2.45) is 5.73 Å². The van der Waals surface area contributed by atoms with Gasteiger partial charge in [-0.05, 0) is 12.1 Å². The molecule has 0 spiro atoms. The molecule has 13 heavy (non-hydrogen) atoms. The smallest absolute Gasteiger partial charge is 0.277 e. The van der Waals surface area contributed by atoms with E-state index in [9.17, 15) is 9.18 Å². The predicted molar refractivity (Wildman–Crippen MR) is 48.1 cm³/mol. The molecule has 0 unspecified atom stereocenters. The normalized spacial score (nSPS) is 10.5. The third-order valence-corrected chi connectivity index (χ3v) is 2.62. The Kier molecular flexibility index (Phi) is 1.73. The highest BCUT2D eigenvalue weighted by molar-refractivity contribution is 7.20. The fraction of sp³-hybridized carbons (Fsp3) is 0. The van der Waals surface area contributed by atoms with Gasteiger partial charge in [0, 0.05) is 0 Å². The Morgan fingerprint density at radius 2 is 2.31 bits per heavy atom. The van der Waals surface area contributed by atoms with Gasteiger partial charge in [0.1, 0.15) is 11.3 Å². The number of aromatic nitrogens is 1. The zero-order chi connectivity index (χ0) is 9.42. The second-order valence-corrected chi connectivity index (χ2v) is 3.50. The van der Waals surface area contributed by atoms with Crippen LogP contribution in [0.15, 0.2) is 18.2 Å². The summed E-state index contributed by atoms with van der Waals surface area (Å²) in [5, 5.41) is 0.139. The zero-order valence-corrected chi connectivity index (χ0v) is 7.27. The number of carbonyl (C=O) groups is 1. The highest BCUT2D eigenvalue weighted by Gasteiger charge is 2.10. The molecule has 0 aliphatic heterocycles. The van der Waals surface area contributed by atoms with Crippen LogP contribution >= 0.6 is 11.3 Å². The lowest BCUT2D eigenvalue weighted by molar-refractivity contribution is 0.1000. The molecular weight excluding hydrogens is 191 g/mol. The maximum absolute atomic E-state index is 13.1. The molecule has 0 atom stereocenters. The monoisotopic (exact) mass is 196 g/mol. The van der Waals surface area contributed by atoms with Gasteiger partial charge in [0.05, 0.1) is 4.70 Å². The van der Waals surface area contributed by atoms with Gasteiger partial charge in [0.2, 0.25) is 0 Å². The number of carbonyl (C=O) groups excluding carboxylic acids is 1. The molecule has 2 aromatic rings. The number of nitrogens with two attached hydrogens (primary N) is 1. The van der Waals surface area contributed by atoms with Crippen molar-refractivity contribution in [3.8, 4) is 0 Å². The fourth-order valence-electron chi connectivity index (χ4n) is 1.02. The zero-order valence-electron chi connectivity index (χ0n) is 6.45. The van der Waals surface area contributed by atoms with Crippen LogP contribution in [0, 0.1) is 5.82 Å². The van der Waals surface area contributed by atoms with E-state index in [1.54, 1.807) is 12.1 Å². The lowest BCUT2D eigenvalue weighted by atomic mass is 10.3. The van der Waals surface area contributed by atoms with E-state index in [4.69, 9.17) is 5.73 Å². The van der Waals surface area contributed by atoms with E-state index >= 15 is 0 Å². The molecule has 0 saturated heterocycles. The first-order valence-corrected chi connectivity index (χ1v) is 4.35. The van der Waals surface area contributed by atoms with Crippen molar-refractivity contribution in [3.63, 3.8) is 0 Å². The van der Waals surface area contributed by atoms with E-state index in [0.717, 1.165) is 11.3 Å². The van der Waals surface area contributed by atoms with Gasteiger partial charge >= 0.3 is 0 Å². The van der Waals surface area contributed by atoms with E-state index < -0.39 is 11.7 Å². The van der Waals surface area contributed by atoms with Crippen molar-refractivity contribution in [3.05, 3.63) is 29.0 Å². The van der Waals surface area contributed by atoms with Crippen molar-refractivity contribution in [1.29, 1.82) is 0 Å². The van der Waals surface area contributed by atoms with Gasteiger partial charge in [-0.1, -0.05) is 6.07 Å². The molecule has 0 saturated carbocycles. The third-order valence-electron chi connectivity index (χ3n) is 1.58. The molecular formula is C8H5FN2OS. The second kappa shape index (κ2) is 2.77. The Labute approximate surface area is 77.0 Å². The molecule has 2 rings (SSSR count). The topological polar surface area (TPSA) is 56.0 Å². The summed E-state index contributed by atoms with van der Waals surface area (Å²) in [5.74, 6) is -1.05. The summed E-state index contributed by atoms with van der Waals surface area (Å²) < 4.78 is 13.7. The molecule has 0 fully saturated rings. The van der Waals surface area contributed by atoms with E-state index in [0.29, 0.717) is 4.70 Å². The average molecular weight is 196 g/mol. The maximum Gasteiger partial charge on any atom is 0.277 e. The molecule has 3 nitrogen and oxygen atoms in total. The Balaban J connectivity index is 2.75. The fourth-order valence-corrected chi connectivity index (χ4v) is 1.85. The first-order valence-electron chi connectivity index (χ1n) is 3.53. The van der Waals surface area contributed by atoms with Crippen LogP contribution < -0.4 is 5.73 Å². The number of halogens is 1. The first-order chi connectivity index (χ1) is 6.18. The molecule has 0 aliphatic carbocycles. The number of hydrogen-bond acceptors (Lipinski definition) is 3. The average Bonchev–Trinajstić information content (AvgIpc) is 2.49. The highest BCUT2D eigenvalue weighted by Crippen LogP contribution is 2.23. The van der Waals surface area contributed by atoms with Gasteiger partial charge in [-0.15, -0.1) is 11.3 Å². The summed E-state index contributed by atoms with van der Waals surface area (Å²) in [6.07, 6.45) is 0. The van der Waals surface area contributed by atoms with Crippen LogP contribution in [0.25, 0.3) is 10.2 Å². The van der Waals surface area contributed by atoms with Crippen LogP contribution in [0.5, 0.6) is 0 Å². The van der Waals surface area contributed by atoms with Gasteiger partial charge in [-0.25, -0.2) is 9.37 Å². The standard InChI is InChI=1S/C8H5FN2OS/c9-4-2-1-3-5-6(4)11-8(13-5)7(10)12/h1-3H,(H2,10,12). The number of rotatable bonds is 1. The van der Waals surface area contributed by atoms with Gasteiger partial charge in [0.25, 0.3) is 5.91 Å². The molecule has 0 bridgehead atoms. The number of nitrogens with zero attached hydrogens (tertiary/aromatic N) is 1. The number of benzene rings is 1. The van der Waals surface area contributed by atoms with E-state index in [1.165, 1.54) is 6.07 Å². The van der Waals surface area contributed by atoms with Gasteiger partial charge in [-0.2, -0.15) is 0 Å². The molecule has 66 valence electrons. The highest BCUT2D eigenvalue weighted by atomic mass is 32.1. The molecule has 1 aromatic heterocycles. The number of hydrogen-bond donors (Lipinski definition) is 1. The van der Waals surface area contributed by atoms with Crippen molar-refractivity contribution in [2.45, 2.75) is 0 Å². The second-order valence-electron chi connectivity index (χ2n) is 2.47. The molecule has 1 heterocycles. The molecule has 1 amide bonds. The van der Waals surface area contributed by atoms with E-state index in [2.05, 4.69) is 4.98 Å². The number of thiazole rings is 1. The SMILES string of the molecule is NC(=O)c1nc2c(F)cccc2s1. The molecule has 2 N–H and O–H groups in total. The lowest BCUT2D eigenvalue weighted by Crippen LogP contribution is -2.09. The van der Waals surface area contributed by atoms with Crippen LogP contribution in [-0.2, 0) is 0 Å². The third kappa shape index (κ3) is 1.27. The molecule has 1 aromatic carbocycles. The quantitative estimate of drug-likeness (QED) is 0.752. The van der Waals surface area contributed by atoms with Crippen LogP contribution in [0.2, 0.25) is 0 Å². The minimum absolute atomic E-state index is 0.139. The number of fused-ring (bicyclic) bond motifs is 1. The summed E-state index contributed by atoms with van der Waals surface area (Å²) in [4.78, 5) is 14.5. The Morgan fingerprint density at radius 1 is 1.54 bits per heavy atom. The molecule has 0 radical (unpaired) electrons. The molecule has 0 aliphatic rings. The number of amides is 1. The minimum Gasteiger partial charge on any atom is -0.364 e. The van der Waals surface area contributed by atoms with Gasteiger partial charge in [0.15, 0.2) is 5.01 Å². The molecule has 5 heteroatoms. The first kappa shape index (κ1) is 8.12. The minimum atomic E-state index is -0.624. The van der Waals surface area contributed by atoms with Gasteiger partial charge < -0.3 is 5.73 Å². The van der Waals surface area contributed by atoms with Crippen LogP contribution in [0.1, 0.15) is 9.80 Å². The van der Waals surface area contributed by atoms with Crippen LogP contribution in [0.3, 0.4) is 0 Å². The Bertz CT molecular complexity index is 480. The van der Waals surface area contributed by atoms with Crippen molar-refractivity contribution < 1.29 is 9.18 Å². The Hall–Kier alpha value is -1.49. The number of primary amides is 1. The summed E-state index contributed by atoms with van der Waals surface area (Å²) in [5.41, 5.74) is 5.22. The largest absolute Gasteiger partial charge is 0.364 e. The van der Waals surface area contributed by atoms with Crippen LogP contribution in [0.4, 0.5) is 4.39 Å². The Morgan fingerprint density at radius 3 is 2.92 bits per heavy atom. The predicted octanol–water partition coefficient (Wildman–Crippen LogP) is 1.53. The van der Waals surface area contributed by atoms with E-state index in [1.807, 2.05) is 0 Å². The summed E-state index contributed by atoms with van der Waals surface area (Å²) in [6, 6.07) is 4.57. The van der Waals surface area contributed by atoms with Crippen molar-refractivity contribution >= 4 is 27.5 Å². The van der Waals surface area contributed by atoms with Crippen molar-refractivity contribution in [2.75, 3.05) is 0 Å². The van der Waals surface area contributed by atoms with Gasteiger partial charge in [-0.3, -0.25) is 4.79 Å².